The molecule has 0 aliphatic heterocycles. The zero-order chi connectivity index (χ0) is 9.40. The van der Waals surface area contributed by atoms with Crippen LogP contribution in [0.5, 0.6) is 0 Å². The van der Waals surface area contributed by atoms with E-state index in [-0.39, 0.29) is 30.8 Å². The van der Waals surface area contributed by atoms with Gasteiger partial charge in [0.15, 0.2) is 0 Å². The molecule has 0 fully saturated rings. The minimum Gasteiger partial charge on any atom is -0.330 e. The molecule has 0 bridgehead atoms. The van der Waals surface area contributed by atoms with Gasteiger partial charge in [0.05, 0.1) is 6.42 Å². The molecule has 0 aliphatic rings. The number of carbonyl (C=O) groups excluding carboxylic acids is 3. The van der Waals surface area contributed by atoms with E-state index in [0.29, 0.717) is 19.3 Å². The molecule has 0 spiro atoms. The Hall–Kier alpha value is -1.03. The summed E-state index contributed by atoms with van der Waals surface area (Å²) in [6, 6.07) is 0. The van der Waals surface area contributed by atoms with Gasteiger partial charge in [0.25, 0.3) is 0 Å². The van der Waals surface area contributed by atoms with Gasteiger partial charge in [-0.05, 0) is 6.54 Å². The molecule has 0 atom stereocenters. The molecule has 68 valence electrons. The number of carbonyl (C=O) groups is 3. The molecule has 0 saturated carbocycles. The average molecular weight is 171 g/mol. The van der Waals surface area contributed by atoms with E-state index in [1.54, 1.807) is 0 Å². The fourth-order valence-electron chi connectivity index (χ4n) is 0.760. The predicted octanol–water partition coefficient (Wildman–Crippen LogP) is -0.157. The zero-order valence-corrected chi connectivity index (χ0v) is 6.91. The summed E-state index contributed by atoms with van der Waals surface area (Å²) in [6.07, 6.45) is 1.15. The Labute approximate surface area is 71.1 Å². The Morgan fingerprint density at radius 3 is 2.17 bits per heavy atom. The van der Waals surface area contributed by atoms with Crippen molar-refractivity contribution in [1.29, 1.82) is 0 Å². The van der Waals surface area contributed by atoms with Gasteiger partial charge in [-0.3, -0.25) is 9.59 Å². The van der Waals surface area contributed by atoms with Crippen LogP contribution in [0.15, 0.2) is 0 Å². The predicted molar refractivity (Wildman–Crippen MR) is 43.6 cm³/mol. The highest BCUT2D eigenvalue weighted by Gasteiger charge is 2.05. The molecular weight excluding hydrogens is 158 g/mol. The molecule has 12 heavy (non-hydrogen) atoms. The zero-order valence-electron chi connectivity index (χ0n) is 6.91. The van der Waals surface area contributed by atoms with Crippen molar-refractivity contribution in [3.8, 4) is 0 Å². The van der Waals surface area contributed by atoms with E-state index in [0.717, 1.165) is 0 Å². The van der Waals surface area contributed by atoms with Crippen LogP contribution in [0.1, 0.15) is 25.7 Å². The fourth-order valence-corrected chi connectivity index (χ4v) is 0.760. The van der Waals surface area contributed by atoms with Crippen LogP contribution in [-0.4, -0.2) is 24.4 Å². The van der Waals surface area contributed by atoms with Gasteiger partial charge >= 0.3 is 0 Å². The van der Waals surface area contributed by atoms with Crippen molar-refractivity contribution < 1.29 is 14.4 Å². The summed E-state index contributed by atoms with van der Waals surface area (Å²) < 4.78 is 0. The first-order valence-electron chi connectivity index (χ1n) is 3.87. The van der Waals surface area contributed by atoms with E-state index in [9.17, 15) is 14.4 Å². The van der Waals surface area contributed by atoms with Crippen LogP contribution in [0.3, 0.4) is 0 Å². The normalized spacial score (nSPS) is 9.42. The van der Waals surface area contributed by atoms with Gasteiger partial charge in [0, 0.05) is 19.3 Å². The van der Waals surface area contributed by atoms with E-state index < -0.39 is 0 Å². The minimum atomic E-state index is -0.185. The lowest BCUT2D eigenvalue weighted by molar-refractivity contribution is -0.125. The second-order valence-electron chi connectivity index (χ2n) is 2.49. The van der Waals surface area contributed by atoms with Crippen LogP contribution >= 0.6 is 0 Å². The van der Waals surface area contributed by atoms with Crippen molar-refractivity contribution >= 4 is 17.9 Å². The third-order valence-electron chi connectivity index (χ3n) is 1.42. The van der Waals surface area contributed by atoms with Gasteiger partial charge in [0.2, 0.25) is 0 Å². The summed E-state index contributed by atoms with van der Waals surface area (Å²) in [4.78, 5) is 31.4. The summed E-state index contributed by atoms with van der Waals surface area (Å²) in [5.41, 5.74) is 5.13. The molecule has 0 radical (unpaired) electrons. The van der Waals surface area contributed by atoms with E-state index in [1.807, 2.05) is 0 Å². The van der Waals surface area contributed by atoms with Crippen LogP contribution < -0.4 is 5.73 Å². The maximum atomic E-state index is 10.8. The van der Waals surface area contributed by atoms with Crippen LogP contribution in [0, 0.1) is 0 Å². The number of aldehydes is 1. The second kappa shape index (κ2) is 6.67. The fraction of sp³-hybridized carbons (Fsp3) is 0.625. The molecule has 4 heteroatoms. The lowest BCUT2D eigenvalue weighted by Gasteiger charge is -1.95. The largest absolute Gasteiger partial charge is 0.330 e. The van der Waals surface area contributed by atoms with Gasteiger partial charge < -0.3 is 10.5 Å². The second-order valence-corrected chi connectivity index (χ2v) is 2.49. The number of hydrogen-bond acceptors (Lipinski definition) is 4. The lowest BCUT2D eigenvalue weighted by atomic mass is 10.1. The molecule has 0 aromatic carbocycles. The van der Waals surface area contributed by atoms with Crippen molar-refractivity contribution in [2.24, 2.45) is 5.73 Å². The highest BCUT2D eigenvalue weighted by Crippen LogP contribution is 1.97. The number of Topliss-reactive ketones (excluding diaryl/α,β-unsaturated/α-hetero) is 2. The van der Waals surface area contributed by atoms with Gasteiger partial charge in [-0.2, -0.15) is 0 Å². The molecule has 0 rings (SSSR count). The maximum Gasteiger partial charge on any atom is 0.140 e. The van der Waals surface area contributed by atoms with Gasteiger partial charge in [0.1, 0.15) is 17.9 Å². The Balaban J connectivity index is 3.46. The molecule has 0 aromatic rings. The van der Waals surface area contributed by atoms with Gasteiger partial charge in [-0.25, -0.2) is 0 Å². The van der Waals surface area contributed by atoms with Gasteiger partial charge in [-0.15, -0.1) is 0 Å². The van der Waals surface area contributed by atoms with E-state index in [2.05, 4.69) is 0 Å². The molecular formula is C8H13NO3. The van der Waals surface area contributed by atoms with Crippen molar-refractivity contribution in [1.82, 2.24) is 0 Å². The van der Waals surface area contributed by atoms with Crippen LogP contribution in [0.2, 0.25) is 0 Å². The summed E-state index contributed by atoms with van der Waals surface area (Å²) in [5, 5.41) is 0. The smallest absolute Gasteiger partial charge is 0.140 e. The van der Waals surface area contributed by atoms with Crippen LogP contribution in [0.25, 0.3) is 0 Å². The lowest BCUT2D eigenvalue weighted by Crippen LogP contribution is -2.09. The van der Waals surface area contributed by atoms with Gasteiger partial charge in [-0.1, -0.05) is 0 Å². The summed E-state index contributed by atoms with van der Waals surface area (Å²) in [6.45, 7) is 0.320. The van der Waals surface area contributed by atoms with Crippen LogP contribution in [-0.2, 0) is 14.4 Å². The average Bonchev–Trinajstić information content (AvgIpc) is 2.02. The van der Waals surface area contributed by atoms with Crippen molar-refractivity contribution in [3.63, 3.8) is 0 Å². The quantitative estimate of drug-likeness (QED) is 0.426. The number of ketones is 2. The third-order valence-corrected chi connectivity index (χ3v) is 1.42. The molecule has 0 unspecified atom stereocenters. The molecule has 4 nitrogen and oxygen atoms in total. The number of nitrogens with two attached hydrogens (primary N) is 1. The first-order valence-corrected chi connectivity index (χ1v) is 3.87. The van der Waals surface area contributed by atoms with Crippen molar-refractivity contribution in [2.75, 3.05) is 6.54 Å². The van der Waals surface area contributed by atoms with E-state index in [1.165, 1.54) is 0 Å². The maximum absolute atomic E-state index is 10.8. The van der Waals surface area contributed by atoms with Crippen molar-refractivity contribution in [2.45, 2.75) is 25.7 Å². The highest BCUT2D eigenvalue weighted by molar-refractivity contribution is 5.92. The SMILES string of the molecule is NCCC(=O)CCC(=O)CC=O. The third kappa shape index (κ3) is 5.73. The summed E-state index contributed by atoms with van der Waals surface area (Å²) in [7, 11) is 0. The Kier molecular flexibility index (Phi) is 6.09. The standard InChI is InChI=1S/C8H13NO3/c9-5-3-7(11)1-2-8(12)4-6-10/h6H,1-5,9H2. The summed E-state index contributed by atoms with van der Waals surface area (Å²) >= 11 is 0. The van der Waals surface area contributed by atoms with E-state index >= 15 is 0 Å². The summed E-state index contributed by atoms with van der Waals surface area (Å²) in [5.74, 6) is -0.202. The van der Waals surface area contributed by atoms with E-state index in [4.69, 9.17) is 5.73 Å². The first-order chi connectivity index (χ1) is 5.70. The molecule has 0 amide bonds. The number of rotatable bonds is 7. The molecule has 0 heterocycles. The topological polar surface area (TPSA) is 77.2 Å². The molecule has 2 N–H and O–H groups in total. The Morgan fingerprint density at radius 1 is 1.08 bits per heavy atom. The molecule has 0 saturated heterocycles. The minimum absolute atomic E-state index is 0.0169. The molecule has 0 aliphatic carbocycles. The molecule has 0 aromatic heterocycles. The highest BCUT2D eigenvalue weighted by atomic mass is 16.1. The van der Waals surface area contributed by atoms with Crippen molar-refractivity contribution in [3.05, 3.63) is 0 Å². The Morgan fingerprint density at radius 2 is 1.67 bits per heavy atom. The van der Waals surface area contributed by atoms with Crippen LogP contribution in [0.4, 0.5) is 0 Å². The number of hydrogen-bond donors (Lipinski definition) is 1. The first kappa shape index (κ1) is 11.0. The Bertz CT molecular complexity index is 177. The monoisotopic (exact) mass is 171 g/mol.